The van der Waals surface area contributed by atoms with Gasteiger partial charge in [0, 0.05) is 30.1 Å². The molecule has 1 aliphatic heterocycles. The number of likely N-dealkylation sites (tertiary alicyclic amines) is 1. The minimum atomic E-state index is -0.0627. The minimum absolute atomic E-state index is 0.0627. The second-order valence-electron chi connectivity index (χ2n) is 5.73. The van der Waals surface area contributed by atoms with Crippen molar-refractivity contribution in [1.82, 2.24) is 10.1 Å². The first-order valence-electron chi connectivity index (χ1n) is 6.51. The van der Waals surface area contributed by atoms with E-state index >= 15 is 0 Å². The molecule has 18 heavy (non-hydrogen) atoms. The molecule has 2 fully saturated rings. The van der Waals surface area contributed by atoms with Crippen molar-refractivity contribution in [2.24, 2.45) is 11.1 Å². The summed E-state index contributed by atoms with van der Waals surface area (Å²) >= 11 is 0. The first-order chi connectivity index (χ1) is 8.53. The Morgan fingerprint density at radius 1 is 1.50 bits per heavy atom. The van der Waals surface area contributed by atoms with Gasteiger partial charge in [0.2, 0.25) is 5.76 Å². The van der Waals surface area contributed by atoms with Crippen molar-refractivity contribution in [3.05, 3.63) is 17.0 Å². The molecule has 1 saturated heterocycles. The highest BCUT2D eigenvalue weighted by atomic mass is 16.5. The van der Waals surface area contributed by atoms with Gasteiger partial charge in [0.25, 0.3) is 5.91 Å². The molecule has 5 nitrogen and oxygen atoms in total. The highest BCUT2D eigenvalue weighted by Gasteiger charge is 2.50. The van der Waals surface area contributed by atoms with Crippen LogP contribution in [0.25, 0.3) is 0 Å². The number of nitrogens with zero attached hydrogens (tertiary/aromatic N) is 2. The van der Waals surface area contributed by atoms with E-state index in [-0.39, 0.29) is 17.4 Å². The summed E-state index contributed by atoms with van der Waals surface area (Å²) in [6, 6.07) is 0.111. The predicted molar refractivity (Wildman–Crippen MR) is 66.1 cm³/mol. The molecule has 98 valence electrons. The summed E-state index contributed by atoms with van der Waals surface area (Å²) < 4.78 is 5.14. The van der Waals surface area contributed by atoms with Gasteiger partial charge in [-0.05, 0) is 26.7 Å². The average molecular weight is 249 g/mol. The quantitative estimate of drug-likeness (QED) is 0.813. The Balaban J connectivity index is 1.80. The number of rotatable bonds is 1. The molecule has 1 amide bonds. The van der Waals surface area contributed by atoms with Gasteiger partial charge >= 0.3 is 0 Å². The smallest absolute Gasteiger partial charge is 0.292 e. The average Bonchev–Trinajstić information content (AvgIpc) is 2.80. The Bertz CT molecular complexity index is 490. The van der Waals surface area contributed by atoms with Gasteiger partial charge in [-0.1, -0.05) is 11.6 Å². The van der Waals surface area contributed by atoms with Crippen LogP contribution in [0.3, 0.4) is 0 Å². The monoisotopic (exact) mass is 249 g/mol. The molecule has 2 N–H and O–H groups in total. The summed E-state index contributed by atoms with van der Waals surface area (Å²) in [5.41, 5.74) is 7.98. The largest absolute Gasteiger partial charge is 0.350 e. The van der Waals surface area contributed by atoms with Crippen LogP contribution in [0.5, 0.6) is 0 Å². The van der Waals surface area contributed by atoms with Crippen LogP contribution in [-0.4, -0.2) is 35.1 Å². The van der Waals surface area contributed by atoms with Gasteiger partial charge in [0.05, 0.1) is 5.69 Å². The van der Waals surface area contributed by atoms with Crippen molar-refractivity contribution in [3.63, 3.8) is 0 Å². The maximum absolute atomic E-state index is 12.4. The molecule has 1 unspecified atom stereocenters. The molecule has 3 rings (SSSR count). The van der Waals surface area contributed by atoms with Crippen LogP contribution in [0, 0.1) is 19.3 Å². The molecule has 1 aromatic rings. The maximum Gasteiger partial charge on any atom is 0.292 e. The van der Waals surface area contributed by atoms with Gasteiger partial charge in [0.1, 0.15) is 0 Å². The molecule has 0 bridgehead atoms. The van der Waals surface area contributed by atoms with Crippen molar-refractivity contribution in [2.45, 2.75) is 39.2 Å². The molecule has 2 heterocycles. The van der Waals surface area contributed by atoms with Crippen LogP contribution in [0.2, 0.25) is 0 Å². The van der Waals surface area contributed by atoms with Crippen LogP contribution in [0.4, 0.5) is 0 Å². The van der Waals surface area contributed by atoms with E-state index in [1.165, 1.54) is 6.42 Å². The summed E-state index contributed by atoms with van der Waals surface area (Å²) in [5, 5.41) is 3.84. The van der Waals surface area contributed by atoms with E-state index in [4.69, 9.17) is 10.3 Å². The fraction of sp³-hybridized carbons (Fsp3) is 0.692. The number of carbonyl (C=O) groups excluding carboxylic acids is 1. The van der Waals surface area contributed by atoms with Crippen molar-refractivity contribution in [1.29, 1.82) is 0 Å². The number of aromatic nitrogens is 1. The predicted octanol–water partition coefficient (Wildman–Crippen LogP) is 1.24. The summed E-state index contributed by atoms with van der Waals surface area (Å²) in [5.74, 6) is 0.309. The second-order valence-corrected chi connectivity index (χ2v) is 5.73. The van der Waals surface area contributed by atoms with E-state index in [1.807, 2.05) is 18.7 Å². The van der Waals surface area contributed by atoms with Crippen LogP contribution < -0.4 is 5.73 Å². The fourth-order valence-electron chi connectivity index (χ4n) is 3.07. The van der Waals surface area contributed by atoms with Gasteiger partial charge < -0.3 is 15.2 Å². The highest BCUT2D eigenvalue weighted by Crippen LogP contribution is 2.47. The Morgan fingerprint density at radius 2 is 2.22 bits per heavy atom. The third-order valence-corrected chi connectivity index (χ3v) is 4.70. The van der Waals surface area contributed by atoms with Gasteiger partial charge in [-0.2, -0.15) is 0 Å². The van der Waals surface area contributed by atoms with Crippen molar-refractivity contribution in [2.75, 3.05) is 13.1 Å². The molecular formula is C13H19N3O2. The summed E-state index contributed by atoms with van der Waals surface area (Å²) in [4.78, 5) is 14.2. The fourth-order valence-corrected chi connectivity index (χ4v) is 3.07. The van der Waals surface area contributed by atoms with E-state index in [0.29, 0.717) is 12.3 Å². The van der Waals surface area contributed by atoms with E-state index < -0.39 is 0 Å². The molecule has 2 aliphatic rings. The maximum atomic E-state index is 12.4. The summed E-state index contributed by atoms with van der Waals surface area (Å²) in [7, 11) is 0. The summed E-state index contributed by atoms with van der Waals surface area (Å²) in [6.07, 6.45) is 3.52. The molecule has 0 aromatic carbocycles. The van der Waals surface area contributed by atoms with Crippen LogP contribution in [-0.2, 0) is 0 Å². The standard InChI is InChI=1S/C13H19N3O2/c1-8-9(2)15-18-11(8)12(17)16-6-10(14)13(7-16)4-3-5-13/h10H,3-7,14H2,1-2H3. The topological polar surface area (TPSA) is 72.4 Å². The molecule has 1 saturated carbocycles. The Labute approximate surface area is 106 Å². The first kappa shape index (κ1) is 11.7. The van der Waals surface area contributed by atoms with Gasteiger partial charge in [-0.3, -0.25) is 4.79 Å². The Hall–Kier alpha value is -1.36. The Morgan fingerprint density at radius 3 is 2.67 bits per heavy atom. The third kappa shape index (κ3) is 1.50. The lowest BCUT2D eigenvalue weighted by Crippen LogP contribution is -2.45. The number of carbonyl (C=O) groups is 1. The lowest BCUT2D eigenvalue weighted by atomic mass is 9.66. The molecule has 1 atom stereocenters. The van der Waals surface area contributed by atoms with Crippen molar-refractivity contribution >= 4 is 5.91 Å². The number of amides is 1. The lowest BCUT2D eigenvalue weighted by molar-refractivity contribution is 0.0686. The number of aryl methyl sites for hydroxylation is 1. The van der Waals surface area contributed by atoms with E-state index in [9.17, 15) is 4.79 Å². The second kappa shape index (κ2) is 3.82. The minimum Gasteiger partial charge on any atom is -0.350 e. The lowest BCUT2D eigenvalue weighted by Gasteiger charge is -2.41. The Kier molecular flexibility index (Phi) is 2.48. The van der Waals surface area contributed by atoms with Gasteiger partial charge in [0.15, 0.2) is 0 Å². The molecule has 5 heteroatoms. The van der Waals surface area contributed by atoms with Gasteiger partial charge in [-0.15, -0.1) is 0 Å². The highest BCUT2D eigenvalue weighted by molar-refractivity contribution is 5.93. The van der Waals surface area contributed by atoms with Gasteiger partial charge in [-0.25, -0.2) is 0 Å². The normalized spacial score (nSPS) is 25.5. The van der Waals surface area contributed by atoms with E-state index in [2.05, 4.69) is 5.16 Å². The molecule has 0 radical (unpaired) electrons. The van der Waals surface area contributed by atoms with E-state index in [0.717, 1.165) is 30.6 Å². The van der Waals surface area contributed by atoms with Crippen molar-refractivity contribution < 1.29 is 9.32 Å². The number of hydrogen-bond donors (Lipinski definition) is 1. The number of hydrogen-bond acceptors (Lipinski definition) is 4. The van der Waals surface area contributed by atoms with Crippen LogP contribution in [0.1, 0.15) is 41.1 Å². The zero-order valence-electron chi connectivity index (χ0n) is 10.9. The molecule has 1 aliphatic carbocycles. The zero-order valence-corrected chi connectivity index (χ0v) is 10.9. The van der Waals surface area contributed by atoms with Crippen LogP contribution >= 0.6 is 0 Å². The van der Waals surface area contributed by atoms with E-state index in [1.54, 1.807) is 0 Å². The first-order valence-corrected chi connectivity index (χ1v) is 6.51. The number of nitrogens with two attached hydrogens (primary N) is 1. The SMILES string of the molecule is Cc1noc(C(=O)N2CC(N)C3(CCC3)C2)c1C. The molecule has 1 spiro atoms. The van der Waals surface area contributed by atoms with Crippen LogP contribution in [0.15, 0.2) is 4.52 Å². The summed E-state index contributed by atoms with van der Waals surface area (Å²) in [6.45, 7) is 5.12. The van der Waals surface area contributed by atoms with Crippen molar-refractivity contribution in [3.8, 4) is 0 Å². The molecular weight excluding hydrogens is 230 g/mol. The third-order valence-electron chi connectivity index (χ3n) is 4.70. The molecule has 1 aromatic heterocycles. The zero-order chi connectivity index (χ0) is 12.9.